The molecule has 108 valence electrons. The molecule has 0 saturated carbocycles. The van der Waals surface area contributed by atoms with Crippen LogP contribution in [0.1, 0.15) is 33.6 Å². The molecule has 0 aliphatic carbocycles. The summed E-state index contributed by atoms with van der Waals surface area (Å²) in [4.78, 5) is 26.5. The van der Waals surface area contributed by atoms with Gasteiger partial charge in [0.2, 0.25) is 11.8 Å². The fourth-order valence-corrected chi connectivity index (χ4v) is 2.46. The predicted molar refractivity (Wildman–Crippen MR) is 79.3 cm³/mol. The van der Waals surface area contributed by atoms with Crippen LogP contribution in [0, 0.1) is 5.41 Å². The van der Waals surface area contributed by atoms with Crippen LogP contribution >= 0.6 is 0 Å². The first-order valence-corrected chi connectivity index (χ1v) is 7.06. The number of benzene rings is 1. The third-order valence-electron chi connectivity index (χ3n) is 3.50. The molecule has 1 N–H and O–H groups in total. The van der Waals surface area contributed by atoms with E-state index >= 15 is 0 Å². The zero-order chi connectivity index (χ0) is 14.8. The molecule has 4 heteroatoms. The molecule has 0 spiro atoms. The Balaban J connectivity index is 2.07. The summed E-state index contributed by atoms with van der Waals surface area (Å²) in [5.74, 6) is -0.0467. The van der Waals surface area contributed by atoms with Crippen molar-refractivity contribution in [2.45, 2.75) is 39.7 Å². The minimum absolute atomic E-state index is 0.0446. The van der Waals surface area contributed by atoms with Crippen molar-refractivity contribution in [1.29, 1.82) is 0 Å². The predicted octanol–water partition coefficient (Wildman–Crippen LogP) is 2.66. The van der Waals surface area contributed by atoms with E-state index in [1.165, 1.54) is 0 Å². The minimum Gasteiger partial charge on any atom is -0.330 e. The highest BCUT2D eigenvalue weighted by atomic mass is 16.2. The van der Waals surface area contributed by atoms with Crippen LogP contribution in [0.25, 0.3) is 0 Å². The van der Waals surface area contributed by atoms with Crippen molar-refractivity contribution in [3.8, 4) is 0 Å². The van der Waals surface area contributed by atoms with Crippen LogP contribution in [-0.2, 0) is 9.59 Å². The number of hydrogen-bond acceptors (Lipinski definition) is 2. The molecule has 0 bridgehead atoms. The Morgan fingerprint density at radius 3 is 2.45 bits per heavy atom. The fourth-order valence-electron chi connectivity index (χ4n) is 2.46. The highest BCUT2D eigenvalue weighted by Gasteiger charge is 2.38. The van der Waals surface area contributed by atoms with Crippen molar-refractivity contribution in [2.24, 2.45) is 5.41 Å². The Hall–Kier alpha value is -1.84. The van der Waals surface area contributed by atoms with E-state index in [0.717, 1.165) is 18.5 Å². The molecule has 1 saturated heterocycles. The lowest BCUT2D eigenvalue weighted by Gasteiger charge is -2.30. The lowest BCUT2D eigenvalue weighted by Crippen LogP contribution is -2.47. The van der Waals surface area contributed by atoms with Crippen molar-refractivity contribution in [2.75, 3.05) is 11.9 Å². The summed E-state index contributed by atoms with van der Waals surface area (Å²) in [5, 5.41) is 2.89. The zero-order valence-corrected chi connectivity index (χ0v) is 12.3. The summed E-state index contributed by atoms with van der Waals surface area (Å²) in [7, 11) is 0. The molecule has 2 amide bonds. The number of amides is 2. The molecular formula is C16H22N2O2. The number of carbonyl (C=O) groups excluding carboxylic acids is 2. The summed E-state index contributed by atoms with van der Waals surface area (Å²) in [6.45, 7) is 6.34. The van der Waals surface area contributed by atoms with Crippen molar-refractivity contribution in [1.82, 2.24) is 4.90 Å². The van der Waals surface area contributed by atoms with Crippen LogP contribution in [0.3, 0.4) is 0 Å². The maximum absolute atomic E-state index is 12.4. The number of nitrogens with zero attached hydrogens (tertiary/aromatic N) is 1. The van der Waals surface area contributed by atoms with Crippen LogP contribution in [0.15, 0.2) is 30.3 Å². The van der Waals surface area contributed by atoms with Crippen LogP contribution in [0.2, 0.25) is 0 Å². The molecule has 1 heterocycles. The van der Waals surface area contributed by atoms with Crippen LogP contribution in [0.4, 0.5) is 5.69 Å². The first-order valence-electron chi connectivity index (χ1n) is 7.06. The van der Waals surface area contributed by atoms with Gasteiger partial charge in [-0.1, -0.05) is 39.0 Å². The van der Waals surface area contributed by atoms with Crippen molar-refractivity contribution >= 4 is 17.5 Å². The second kappa shape index (κ2) is 5.65. The second-order valence-electron chi connectivity index (χ2n) is 6.26. The molecule has 1 aromatic rings. The summed E-state index contributed by atoms with van der Waals surface area (Å²) in [5.41, 5.74) is 0.322. The standard InChI is InChI=1S/C16H22N2O2/c1-16(2,3)15(20)18-11-7-10-13(18)14(19)17-12-8-5-4-6-9-12/h4-6,8-9,13H,7,10-11H2,1-3H3,(H,17,19)/t13-/m1/s1. The smallest absolute Gasteiger partial charge is 0.247 e. The van der Waals surface area contributed by atoms with Gasteiger partial charge in [0.1, 0.15) is 6.04 Å². The number of anilines is 1. The summed E-state index contributed by atoms with van der Waals surface area (Å²) < 4.78 is 0. The molecule has 4 nitrogen and oxygen atoms in total. The Morgan fingerprint density at radius 2 is 1.85 bits per heavy atom. The van der Waals surface area contributed by atoms with Crippen molar-refractivity contribution in [3.63, 3.8) is 0 Å². The molecule has 2 rings (SSSR count). The normalized spacial score (nSPS) is 18.9. The molecule has 0 radical (unpaired) electrons. The van der Waals surface area contributed by atoms with E-state index < -0.39 is 5.41 Å². The Labute approximate surface area is 120 Å². The zero-order valence-electron chi connectivity index (χ0n) is 12.3. The summed E-state index contributed by atoms with van der Waals surface area (Å²) in [6, 6.07) is 9.01. The van der Waals surface area contributed by atoms with Gasteiger partial charge in [0.05, 0.1) is 0 Å². The fraction of sp³-hybridized carbons (Fsp3) is 0.500. The number of carbonyl (C=O) groups is 2. The van der Waals surface area contributed by atoms with Gasteiger partial charge in [0.25, 0.3) is 0 Å². The molecule has 1 aromatic carbocycles. The molecule has 1 atom stereocenters. The Kier molecular flexibility index (Phi) is 4.12. The maximum atomic E-state index is 12.4. The minimum atomic E-state index is -0.449. The highest BCUT2D eigenvalue weighted by Crippen LogP contribution is 2.26. The van der Waals surface area contributed by atoms with E-state index in [9.17, 15) is 9.59 Å². The summed E-state index contributed by atoms with van der Waals surface area (Å²) in [6.07, 6.45) is 1.62. The number of nitrogens with one attached hydrogen (secondary N) is 1. The van der Waals surface area contributed by atoms with Crippen molar-refractivity contribution in [3.05, 3.63) is 30.3 Å². The van der Waals surface area contributed by atoms with E-state index in [2.05, 4.69) is 5.32 Å². The molecule has 0 unspecified atom stereocenters. The first-order chi connectivity index (χ1) is 9.39. The molecule has 0 aromatic heterocycles. The van der Waals surface area contributed by atoms with Gasteiger partial charge in [-0.3, -0.25) is 9.59 Å². The molecule has 20 heavy (non-hydrogen) atoms. The highest BCUT2D eigenvalue weighted by molar-refractivity contribution is 5.98. The van der Waals surface area contributed by atoms with Gasteiger partial charge >= 0.3 is 0 Å². The van der Waals surface area contributed by atoms with Gasteiger partial charge in [-0.2, -0.15) is 0 Å². The van der Waals surface area contributed by atoms with E-state index in [0.29, 0.717) is 6.54 Å². The molecule has 1 fully saturated rings. The first kappa shape index (κ1) is 14.6. The SMILES string of the molecule is CC(C)(C)C(=O)N1CCC[C@@H]1C(=O)Nc1ccccc1. The quantitative estimate of drug-likeness (QED) is 0.901. The third kappa shape index (κ3) is 3.18. The van der Waals surface area contributed by atoms with Gasteiger partial charge in [-0.15, -0.1) is 0 Å². The third-order valence-corrected chi connectivity index (χ3v) is 3.50. The van der Waals surface area contributed by atoms with Crippen molar-refractivity contribution < 1.29 is 9.59 Å². The number of para-hydroxylation sites is 1. The number of hydrogen-bond donors (Lipinski definition) is 1. The van der Waals surface area contributed by atoms with Crippen LogP contribution in [0.5, 0.6) is 0 Å². The van der Waals surface area contributed by atoms with E-state index in [-0.39, 0.29) is 17.9 Å². The lowest BCUT2D eigenvalue weighted by atomic mass is 9.94. The Morgan fingerprint density at radius 1 is 1.20 bits per heavy atom. The van der Waals surface area contributed by atoms with E-state index in [4.69, 9.17) is 0 Å². The second-order valence-corrected chi connectivity index (χ2v) is 6.26. The summed E-state index contributed by atoms with van der Waals surface area (Å²) >= 11 is 0. The molecule has 1 aliphatic heterocycles. The van der Waals surface area contributed by atoms with E-state index in [1.807, 2.05) is 51.1 Å². The lowest BCUT2D eigenvalue weighted by molar-refractivity contribution is -0.143. The van der Waals surface area contributed by atoms with Gasteiger partial charge < -0.3 is 10.2 Å². The van der Waals surface area contributed by atoms with Gasteiger partial charge in [-0.25, -0.2) is 0 Å². The van der Waals surface area contributed by atoms with Crippen LogP contribution < -0.4 is 5.32 Å². The molecular weight excluding hydrogens is 252 g/mol. The average Bonchev–Trinajstić information content (AvgIpc) is 2.87. The van der Waals surface area contributed by atoms with Gasteiger partial charge in [0.15, 0.2) is 0 Å². The van der Waals surface area contributed by atoms with E-state index in [1.54, 1.807) is 4.90 Å². The number of likely N-dealkylation sites (tertiary alicyclic amines) is 1. The van der Waals surface area contributed by atoms with Gasteiger partial charge in [-0.05, 0) is 25.0 Å². The van der Waals surface area contributed by atoms with Crippen LogP contribution in [-0.4, -0.2) is 29.3 Å². The Bertz CT molecular complexity index is 491. The van der Waals surface area contributed by atoms with Gasteiger partial charge in [0, 0.05) is 17.6 Å². The largest absolute Gasteiger partial charge is 0.330 e. The maximum Gasteiger partial charge on any atom is 0.247 e. The monoisotopic (exact) mass is 274 g/mol. The average molecular weight is 274 g/mol. The number of rotatable bonds is 2. The molecule has 1 aliphatic rings. The topological polar surface area (TPSA) is 49.4 Å².